The molecule has 94 valence electrons. The zero-order chi connectivity index (χ0) is 12.8. The third-order valence-electron chi connectivity index (χ3n) is 1.91. The minimum Gasteiger partial charge on any atom is -0.432 e. The summed E-state index contributed by atoms with van der Waals surface area (Å²) in [6.45, 7) is 11.6. The molecular formula is C11H21ClO3Si. The molecule has 0 aromatic heterocycles. The van der Waals surface area contributed by atoms with Crippen LogP contribution in [0.5, 0.6) is 0 Å². The monoisotopic (exact) mass is 264 g/mol. The lowest BCUT2D eigenvalue weighted by atomic mass is 10.3. The van der Waals surface area contributed by atoms with Crippen LogP contribution >= 0.6 is 11.1 Å². The van der Waals surface area contributed by atoms with Crippen LogP contribution in [-0.4, -0.2) is 26.2 Å². The van der Waals surface area contributed by atoms with E-state index in [-0.39, 0.29) is 0 Å². The summed E-state index contributed by atoms with van der Waals surface area (Å²) in [6.07, 6.45) is 0.148. The van der Waals surface area contributed by atoms with Crippen LogP contribution in [0.2, 0.25) is 19.1 Å². The third kappa shape index (κ3) is 7.90. The van der Waals surface area contributed by atoms with E-state index in [1.807, 2.05) is 6.92 Å². The van der Waals surface area contributed by atoms with Crippen molar-refractivity contribution in [3.8, 4) is 0 Å². The Morgan fingerprint density at radius 1 is 1.50 bits per heavy atom. The summed E-state index contributed by atoms with van der Waals surface area (Å²) in [4.78, 5) is 11.3. The van der Waals surface area contributed by atoms with Gasteiger partial charge >= 0.3 is 5.97 Å². The van der Waals surface area contributed by atoms with Gasteiger partial charge in [-0.2, -0.15) is 11.1 Å². The summed E-state index contributed by atoms with van der Waals surface area (Å²) in [7, 11) is -1.65. The molecule has 0 amide bonds. The zero-order valence-corrected chi connectivity index (χ0v) is 12.3. The first-order valence-electron chi connectivity index (χ1n) is 5.43. The van der Waals surface area contributed by atoms with E-state index in [0.29, 0.717) is 18.6 Å². The van der Waals surface area contributed by atoms with Crippen molar-refractivity contribution >= 4 is 24.4 Å². The second-order valence-corrected chi connectivity index (χ2v) is 11.3. The summed E-state index contributed by atoms with van der Waals surface area (Å²) in [5.41, 5.74) is 0.382. The van der Waals surface area contributed by atoms with Gasteiger partial charge in [-0.3, -0.25) is 0 Å². The number of ether oxygens (including phenoxy) is 2. The Kier molecular flexibility index (Phi) is 6.95. The molecule has 1 unspecified atom stereocenters. The molecule has 0 fully saturated rings. The fraction of sp³-hybridized carbons (Fsp3) is 0.727. The van der Waals surface area contributed by atoms with Crippen LogP contribution in [0, 0.1) is 0 Å². The Morgan fingerprint density at radius 3 is 2.44 bits per heavy atom. The molecule has 0 aliphatic carbocycles. The van der Waals surface area contributed by atoms with Crippen molar-refractivity contribution in [1.29, 1.82) is 0 Å². The fourth-order valence-electron chi connectivity index (χ4n) is 1.04. The molecule has 0 saturated heterocycles. The van der Waals surface area contributed by atoms with Crippen LogP contribution in [0.15, 0.2) is 12.2 Å². The lowest BCUT2D eigenvalue weighted by molar-refractivity contribution is -0.173. The predicted octanol–water partition coefficient (Wildman–Crippen LogP) is 3.30. The maximum atomic E-state index is 11.3. The highest BCUT2D eigenvalue weighted by Gasteiger charge is 2.22. The van der Waals surface area contributed by atoms with Gasteiger partial charge in [-0.05, 0) is 19.9 Å². The lowest BCUT2D eigenvalue weighted by Gasteiger charge is -2.20. The molecule has 0 aromatic carbocycles. The number of carbonyl (C=O) groups is 1. The minimum atomic E-state index is -1.65. The van der Waals surface area contributed by atoms with Crippen LogP contribution in [0.1, 0.15) is 20.3 Å². The Hall–Kier alpha value is -0.323. The molecule has 0 heterocycles. The predicted molar refractivity (Wildman–Crippen MR) is 69.1 cm³/mol. The van der Waals surface area contributed by atoms with Gasteiger partial charge in [0.1, 0.15) is 0 Å². The molecule has 0 saturated carbocycles. The molecule has 0 spiro atoms. The van der Waals surface area contributed by atoms with Gasteiger partial charge in [0.25, 0.3) is 0 Å². The largest absolute Gasteiger partial charge is 0.432 e. The topological polar surface area (TPSA) is 35.5 Å². The molecule has 1 atom stereocenters. The lowest BCUT2D eigenvalue weighted by Crippen LogP contribution is -2.26. The maximum absolute atomic E-state index is 11.3. The van der Waals surface area contributed by atoms with Crippen molar-refractivity contribution in [2.75, 3.05) is 6.61 Å². The van der Waals surface area contributed by atoms with Crippen LogP contribution < -0.4 is 0 Å². The molecule has 0 aliphatic rings. The molecule has 0 aromatic rings. The van der Waals surface area contributed by atoms with Gasteiger partial charge in [0, 0.05) is 18.6 Å². The highest BCUT2D eigenvalue weighted by Crippen LogP contribution is 2.19. The Bertz CT molecular complexity index is 248. The van der Waals surface area contributed by atoms with Crippen molar-refractivity contribution in [3.63, 3.8) is 0 Å². The van der Waals surface area contributed by atoms with Crippen molar-refractivity contribution in [2.45, 2.75) is 45.7 Å². The molecule has 0 rings (SSSR count). The molecular weight excluding hydrogens is 244 g/mol. The summed E-state index contributed by atoms with van der Waals surface area (Å²) < 4.78 is 10.5. The number of halogens is 1. The van der Waals surface area contributed by atoms with Crippen molar-refractivity contribution in [1.82, 2.24) is 0 Å². The van der Waals surface area contributed by atoms with E-state index in [2.05, 4.69) is 19.7 Å². The first-order valence-corrected chi connectivity index (χ1v) is 9.65. The molecule has 0 bridgehead atoms. The van der Waals surface area contributed by atoms with Crippen LogP contribution in [-0.2, 0) is 14.3 Å². The van der Waals surface area contributed by atoms with Gasteiger partial charge < -0.3 is 9.47 Å². The maximum Gasteiger partial charge on any atom is 0.335 e. The molecule has 16 heavy (non-hydrogen) atoms. The second-order valence-electron chi connectivity index (χ2n) is 4.33. The van der Waals surface area contributed by atoms with Crippen LogP contribution in [0.4, 0.5) is 0 Å². The smallest absolute Gasteiger partial charge is 0.335 e. The highest BCUT2D eigenvalue weighted by molar-refractivity contribution is 7.19. The van der Waals surface area contributed by atoms with E-state index in [1.54, 1.807) is 6.92 Å². The Morgan fingerprint density at radius 2 is 2.06 bits per heavy atom. The Balaban J connectivity index is 4.17. The number of hydrogen-bond donors (Lipinski definition) is 0. The van der Waals surface area contributed by atoms with Crippen molar-refractivity contribution in [3.05, 3.63) is 12.2 Å². The number of esters is 1. The van der Waals surface area contributed by atoms with Gasteiger partial charge in [-0.25, -0.2) is 4.79 Å². The average molecular weight is 265 g/mol. The van der Waals surface area contributed by atoms with E-state index in [1.165, 1.54) is 0 Å². The normalized spacial score (nSPS) is 13.3. The third-order valence-corrected chi connectivity index (χ3v) is 3.96. The highest BCUT2D eigenvalue weighted by atomic mass is 35.6. The SMILES string of the molecule is C=C(C)C(=O)OC(CC[Si](C)(C)Cl)OCC. The molecule has 5 heteroatoms. The van der Waals surface area contributed by atoms with E-state index >= 15 is 0 Å². The summed E-state index contributed by atoms with van der Waals surface area (Å²) in [5.74, 6) is -0.410. The fourth-order valence-corrected chi connectivity index (χ4v) is 2.29. The van der Waals surface area contributed by atoms with E-state index < -0.39 is 19.6 Å². The summed E-state index contributed by atoms with van der Waals surface area (Å²) in [5, 5.41) is 0. The molecule has 0 aliphatic heterocycles. The zero-order valence-electron chi connectivity index (χ0n) is 10.5. The Labute approximate surface area is 103 Å². The van der Waals surface area contributed by atoms with Crippen molar-refractivity contribution in [2.24, 2.45) is 0 Å². The first-order chi connectivity index (χ1) is 7.26. The summed E-state index contributed by atoms with van der Waals surface area (Å²) >= 11 is 6.20. The minimum absolute atomic E-state index is 0.382. The van der Waals surface area contributed by atoms with Crippen LogP contribution in [0.3, 0.4) is 0 Å². The molecule has 0 radical (unpaired) electrons. The van der Waals surface area contributed by atoms with Gasteiger partial charge in [0.2, 0.25) is 6.29 Å². The van der Waals surface area contributed by atoms with Gasteiger partial charge in [-0.1, -0.05) is 19.7 Å². The van der Waals surface area contributed by atoms with Crippen LogP contribution in [0.25, 0.3) is 0 Å². The van der Waals surface area contributed by atoms with Gasteiger partial charge in [0.05, 0.1) is 0 Å². The van der Waals surface area contributed by atoms with Gasteiger partial charge in [0.15, 0.2) is 7.38 Å². The standard InChI is InChI=1S/C11H21ClO3Si/c1-6-14-10(7-8-16(4,5)12)15-11(13)9(2)3/h10H,2,6-8H2,1,3-5H3. The van der Waals surface area contributed by atoms with E-state index in [4.69, 9.17) is 20.6 Å². The molecule has 0 N–H and O–H groups in total. The first kappa shape index (κ1) is 15.7. The summed E-state index contributed by atoms with van der Waals surface area (Å²) in [6, 6.07) is 0.850. The van der Waals surface area contributed by atoms with E-state index in [9.17, 15) is 4.79 Å². The van der Waals surface area contributed by atoms with Gasteiger partial charge in [-0.15, -0.1) is 0 Å². The number of hydrogen-bond acceptors (Lipinski definition) is 3. The van der Waals surface area contributed by atoms with E-state index in [0.717, 1.165) is 6.04 Å². The number of rotatable bonds is 7. The van der Waals surface area contributed by atoms with Crippen molar-refractivity contribution < 1.29 is 14.3 Å². The quantitative estimate of drug-likeness (QED) is 0.233. The number of carbonyl (C=O) groups excluding carboxylic acids is 1. The average Bonchev–Trinajstić information content (AvgIpc) is 2.13. The molecule has 3 nitrogen and oxygen atoms in total. The second kappa shape index (κ2) is 7.09.